The number of aromatic nitrogens is 1. The predicted octanol–water partition coefficient (Wildman–Crippen LogP) is 16.8. The first-order valence-corrected chi connectivity index (χ1v) is 21.2. The van der Waals surface area contributed by atoms with Crippen molar-refractivity contribution in [3.05, 3.63) is 212 Å². The number of hydrogen-bond acceptors (Lipinski definition) is 4. The Balaban J connectivity index is 0.999. The molecule has 294 valence electrons. The molecule has 9 aromatic carbocycles. The van der Waals surface area contributed by atoms with Crippen molar-refractivity contribution in [3.8, 4) is 67.0 Å². The third-order valence-electron chi connectivity index (χ3n) is 12.5. The highest BCUT2D eigenvalue weighted by Gasteiger charge is 2.19. The summed E-state index contributed by atoms with van der Waals surface area (Å²) < 4.78 is 19.4. The Kier molecular flexibility index (Phi) is 7.87. The fourth-order valence-corrected chi connectivity index (χ4v) is 9.40. The molecule has 0 amide bonds. The topological polar surface area (TPSA) is 52.3 Å². The molecule has 13 rings (SSSR count). The Morgan fingerprint density at radius 1 is 0.238 bits per heavy atom. The zero-order valence-corrected chi connectivity index (χ0v) is 33.9. The molecule has 0 aliphatic heterocycles. The average Bonchev–Trinajstić information content (AvgIpc) is 4.05. The molecule has 0 aliphatic rings. The number of nitrogens with zero attached hydrogens (tertiary/aromatic N) is 1. The predicted molar refractivity (Wildman–Crippen MR) is 259 cm³/mol. The molecule has 0 saturated heterocycles. The monoisotopic (exact) mass is 805 g/mol. The first-order chi connectivity index (χ1) is 31.2. The van der Waals surface area contributed by atoms with Crippen LogP contribution in [0.1, 0.15) is 0 Å². The van der Waals surface area contributed by atoms with Gasteiger partial charge < -0.3 is 13.3 Å². The molecule has 4 nitrogen and oxygen atoms in total. The van der Waals surface area contributed by atoms with Crippen molar-refractivity contribution < 1.29 is 13.3 Å². The average molecular weight is 806 g/mol. The zero-order chi connectivity index (χ0) is 41.4. The van der Waals surface area contributed by atoms with Crippen LogP contribution in [0.3, 0.4) is 0 Å². The molecule has 0 spiro atoms. The maximum Gasteiger partial charge on any atom is 0.143 e. The molecule has 4 aromatic heterocycles. The number of hydrogen-bond donors (Lipinski definition) is 0. The Morgan fingerprint density at radius 2 is 0.667 bits per heavy atom. The van der Waals surface area contributed by atoms with Crippen LogP contribution in [0.5, 0.6) is 0 Å². The number of benzene rings is 9. The van der Waals surface area contributed by atoms with E-state index >= 15 is 0 Å². The summed E-state index contributed by atoms with van der Waals surface area (Å²) in [7, 11) is 0. The summed E-state index contributed by atoms with van der Waals surface area (Å²) in [5.74, 6) is 0. The summed E-state index contributed by atoms with van der Waals surface area (Å²) in [6.07, 6.45) is 0. The lowest BCUT2D eigenvalue weighted by Crippen LogP contribution is -1.93. The minimum Gasteiger partial charge on any atom is -0.456 e. The summed E-state index contributed by atoms with van der Waals surface area (Å²) in [6.45, 7) is 0. The second kappa shape index (κ2) is 14.1. The molecule has 4 heterocycles. The molecular weight excluding hydrogens is 771 g/mol. The fraction of sp³-hybridized carbons (Fsp3) is 0. The maximum atomic E-state index is 6.64. The van der Waals surface area contributed by atoms with Gasteiger partial charge in [0.15, 0.2) is 0 Å². The van der Waals surface area contributed by atoms with E-state index in [1.54, 1.807) is 0 Å². The van der Waals surface area contributed by atoms with E-state index in [0.29, 0.717) is 0 Å². The number of fused-ring (bicyclic) bond motifs is 9. The Hall–Kier alpha value is -8.47. The van der Waals surface area contributed by atoms with Gasteiger partial charge in [-0.3, -0.25) is 0 Å². The summed E-state index contributed by atoms with van der Waals surface area (Å²) in [5, 5.41) is 6.62. The number of rotatable bonds is 6. The van der Waals surface area contributed by atoms with Gasteiger partial charge in [-0.25, -0.2) is 4.98 Å². The molecule has 13 aromatic rings. The molecule has 63 heavy (non-hydrogen) atoms. The van der Waals surface area contributed by atoms with Crippen molar-refractivity contribution in [2.75, 3.05) is 0 Å². The van der Waals surface area contributed by atoms with Gasteiger partial charge in [0.2, 0.25) is 0 Å². The third kappa shape index (κ3) is 5.88. The van der Waals surface area contributed by atoms with Crippen molar-refractivity contribution in [1.29, 1.82) is 0 Å². The SMILES string of the molecule is c1ccc(-c2cc(-c3cc(-c4cccc5c4oc4ccccc45)cc(-c4cccc5c4oc4ccccc45)c3)cc(-c3ccc(-c4ccc5oc6ccccc6c5c4)cc3)n2)cc1. The van der Waals surface area contributed by atoms with Gasteiger partial charge >= 0.3 is 0 Å². The lowest BCUT2D eigenvalue weighted by Gasteiger charge is -2.14. The van der Waals surface area contributed by atoms with E-state index < -0.39 is 0 Å². The first-order valence-electron chi connectivity index (χ1n) is 21.2. The lowest BCUT2D eigenvalue weighted by molar-refractivity contribution is 0.669. The highest BCUT2D eigenvalue weighted by atomic mass is 16.3. The summed E-state index contributed by atoms with van der Waals surface area (Å²) in [6, 6.07) is 74.5. The minimum atomic E-state index is 0.865. The molecule has 0 N–H and O–H groups in total. The van der Waals surface area contributed by atoms with Gasteiger partial charge in [-0.05, 0) is 94.0 Å². The number of pyridine rings is 1. The summed E-state index contributed by atoms with van der Waals surface area (Å²) in [4.78, 5) is 5.32. The maximum absolute atomic E-state index is 6.64. The smallest absolute Gasteiger partial charge is 0.143 e. The zero-order valence-electron chi connectivity index (χ0n) is 33.9. The van der Waals surface area contributed by atoms with Crippen molar-refractivity contribution in [2.24, 2.45) is 0 Å². The van der Waals surface area contributed by atoms with Crippen LogP contribution >= 0.6 is 0 Å². The van der Waals surface area contributed by atoms with Gasteiger partial charge in [-0.1, -0.05) is 152 Å². The second-order valence-corrected chi connectivity index (χ2v) is 16.2. The van der Waals surface area contributed by atoms with E-state index in [1.165, 1.54) is 0 Å². The van der Waals surface area contributed by atoms with E-state index in [2.05, 4.69) is 170 Å². The van der Waals surface area contributed by atoms with E-state index in [4.69, 9.17) is 18.2 Å². The van der Waals surface area contributed by atoms with Gasteiger partial charge in [0.05, 0.1) is 11.4 Å². The van der Waals surface area contributed by atoms with Crippen LogP contribution in [0.25, 0.3) is 133 Å². The first kappa shape index (κ1) is 35.3. The Labute approximate surface area is 361 Å². The van der Waals surface area contributed by atoms with Crippen LogP contribution < -0.4 is 0 Å². The Morgan fingerprint density at radius 3 is 1.27 bits per heavy atom. The van der Waals surface area contributed by atoms with Gasteiger partial charge in [-0.2, -0.15) is 0 Å². The highest BCUT2D eigenvalue weighted by Crippen LogP contribution is 2.43. The number of para-hydroxylation sites is 5. The number of furan rings is 3. The highest BCUT2D eigenvalue weighted by molar-refractivity contribution is 6.12. The van der Waals surface area contributed by atoms with Gasteiger partial charge in [-0.15, -0.1) is 0 Å². The van der Waals surface area contributed by atoms with Crippen LogP contribution in [0.4, 0.5) is 0 Å². The summed E-state index contributed by atoms with van der Waals surface area (Å²) in [5.41, 5.74) is 17.6. The summed E-state index contributed by atoms with van der Waals surface area (Å²) >= 11 is 0. The van der Waals surface area contributed by atoms with Crippen molar-refractivity contribution in [3.63, 3.8) is 0 Å². The molecule has 0 atom stereocenters. The third-order valence-corrected chi connectivity index (χ3v) is 12.5. The van der Waals surface area contributed by atoms with Crippen LogP contribution in [0.15, 0.2) is 226 Å². The molecule has 4 heteroatoms. The van der Waals surface area contributed by atoms with Crippen molar-refractivity contribution in [2.45, 2.75) is 0 Å². The molecule has 0 radical (unpaired) electrons. The second-order valence-electron chi connectivity index (χ2n) is 16.2. The largest absolute Gasteiger partial charge is 0.456 e. The molecule has 0 saturated carbocycles. The van der Waals surface area contributed by atoms with Gasteiger partial charge in [0, 0.05) is 54.6 Å². The molecular formula is C59H35NO3. The van der Waals surface area contributed by atoms with Crippen LogP contribution in [-0.2, 0) is 0 Å². The van der Waals surface area contributed by atoms with Crippen LogP contribution in [0, 0.1) is 0 Å². The van der Waals surface area contributed by atoms with Crippen molar-refractivity contribution >= 4 is 65.8 Å². The normalized spacial score (nSPS) is 11.8. The van der Waals surface area contributed by atoms with Gasteiger partial charge in [0.25, 0.3) is 0 Å². The van der Waals surface area contributed by atoms with E-state index in [0.717, 1.165) is 133 Å². The van der Waals surface area contributed by atoms with Crippen LogP contribution in [-0.4, -0.2) is 4.98 Å². The minimum absolute atomic E-state index is 0.865. The molecule has 0 bridgehead atoms. The van der Waals surface area contributed by atoms with E-state index in [-0.39, 0.29) is 0 Å². The quantitative estimate of drug-likeness (QED) is 0.168. The fourth-order valence-electron chi connectivity index (χ4n) is 9.40. The molecule has 0 fully saturated rings. The van der Waals surface area contributed by atoms with E-state index in [9.17, 15) is 0 Å². The Bertz CT molecular complexity index is 3770. The van der Waals surface area contributed by atoms with Crippen LogP contribution in [0.2, 0.25) is 0 Å². The molecule has 0 unspecified atom stereocenters. The van der Waals surface area contributed by atoms with Crippen molar-refractivity contribution in [1.82, 2.24) is 4.98 Å². The lowest BCUT2D eigenvalue weighted by atomic mass is 9.91. The standard InChI is InChI=1S/C59H35NO3/c1-2-12-37(13-3-1)52-34-41(35-53(60-52)38-26-24-36(25-27-38)39-28-29-57-51(33-39)48-16-6-7-21-54(48)61-57)40-30-42(44-17-10-19-49-46-14-4-8-22-55(46)62-58(44)49)32-43(31-40)45-18-11-20-50-47-15-5-9-23-56(47)63-59(45)50/h1-35H. The van der Waals surface area contributed by atoms with Gasteiger partial charge in [0.1, 0.15) is 33.5 Å². The van der Waals surface area contributed by atoms with E-state index in [1.807, 2.05) is 42.5 Å². The molecule has 0 aliphatic carbocycles.